The van der Waals surface area contributed by atoms with Crippen molar-refractivity contribution >= 4 is 6.03 Å². The Morgan fingerprint density at radius 1 is 1.17 bits per heavy atom. The minimum atomic E-state index is 0.0491. The van der Waals surface area contributed by atoms with E-state index < -0.39 is 0 Å². The molecule has 4 heteroatoms. The van der Waals surface area contributed by atoms with Crippen LogP contribution in [0.1, 0.15) is 50.2 Å². The second-order valence-electron chi connectivity index (χ2n) is 6.71. The zero-order chi connectivity index (χ0) is 16.7. The second-order valence-corrected chi connectivity index (χ2v) is 6.71. The van der Waals surface area contributed by atoms with Crippen molar-refractivity contribution in [2.45, 2.75) is 58.2 Å². The molecule has 1 saturated carbocycles. The Kier molecular flexibility index (Phi) is 6.90. The van der Waals surface area contributed by atoms with Crippen molar-refractivity contribution in [2.24, 2.45) is 0 Å². The first-order chi connectivity index (χ1) is 11.1. The molecule has 23 heavy (non-hydrogen) atoms. The number of urea groups is 1. The van der Waals surface area contributed by atoms with Crippen LogP contribution in [0.15, 0.2) is 24.3 Å². The number of benzene rings is 1. The number of hydrogen-bond donors (Lipinski definition) is 1. The average Bonchev–Trinajstić information content (AvgIpc) is 2.60. The van der Waals surface area contributed by atoms with Gasteiger partial charge in [0.1, 0.15) is 0 Å². The number of amides is 2. The lowest BCUT2D eigenvalue weighted by atomic mass is 9.95. The van der Waals surface area contributed by atoms with Gasteiger partial charge in [0.25, 0.3) is 0 Å². The van der Waals surface area contributed by atoms with Gasteiger partial charge in [0.15, 0.2) is 0 Å². The van der Waals surface area contributed by atoms with Gasteiger partial charge in [0.2, 0.25) is 0 Å². The number of carbonyl (C=O) groups is 1. The standard InChI is InChI=1S/C19H31N3O/c1-4-21(2)15-17-10-8-9-16(13-17)14-20-19(23)22(3)18-11-6-5-7-12-18/h8-10,13,18H,4-7,11-12,14-15H2,1-3H3,(H,20,23). The molecule has 0 heterocycles. The van der Waals surface area contributed by atoms with Crippen LogP contribution in [0.2, 0.25) is 0 Å². The molecule has 0 atom stereocenters. The summed E-state index contributed by atoms with van der Waals surface area (Å²) >= 11 is 0. The number of rotatable bonds is 6. The van der Waals surface area contributed by atoms with Gasteiger partial charge in [-0.3, -0.25) is 0 Å². The molecule has 0 unspecified atom stereocenters. The summed E-state index contributed by atoms with van der Waals surface area (Å²) in [6.45, 7) is 4.73. The zero-order valence-electron chi connectivity index (χ0n) is 14.8. The maximum Gasteiger partial charge on any atom is 0.317 e. The third-order valence-electron chi connectivity index (χ3n) is 4.87. The zero-order valence-corrected chi connectivity index (χ0v) is 14.8. The minimum absolute atomic E-state index is 0.0491. The summed E-state index contributed by atoms with van der Waals surface area (Å²) in [5.74, 6) is 0. The maximum absolute atomic E-state index is 12.3. The van der Waals surface area contributed by atoms with Crippen LogP contribution in [0.5, 0.6) is 0 Å². The topological polar surface area (TPSA) is 35.6 Å². The molecule has 1 N–H and O–H groups in total. The quantitative estimate of drug-likeness (QED) is 0.870. The van der Waals surface area contributed by atoms with Gasteiger partial charge in [0.05, 0.1) is 0 Å². The van der Waals surface area contributed by atoms with Crippen LogP contribution < -0.4 is 5.32 Å². The van der Waals surface area contributed by atoms with Crippen LogP contribution in [0.25, 0.3) is 0 Å². The molecular formula is C19H31N3O. The fraction of sp³-hybridized carbons (Fsp3) is 0.632. The first kappa shape index (κ1) is 17.8. The predicted molar refractivity (Wildman–Crippen MR) is 95.3 cm³/mol. The van der Waals surface area contributed by atoms with Crippen molar-refractivity contribution in [3.05, 3.63) is 35.4 Å². The normalized spacial score (nSPS) is 15.7. The van der Waals surface area contributed by atoms with Crippen molar-refractivity contribution < 1.29 is 4.79 Å². The Morgan fingerprint density at radius 3 is 2.57 bits per heavy atom. The minimum Gasteiger partial charge on any atom is -0.334 e. The molecule has 4 nitrogen and oxygen atoms in total. The van der Waals surface area contributed by atoms with E-state index >= 15 is 0 Å². The van der Waals surface area contributed by atoms with E-state index in [4.69, 9.17) is 0 Å². The smallest absolute Gasteiger partial charge is 0.317 e. The lowest BCUT2D eigenvalue weighted by Gasteiger charge is -2.31. The Hall–Kier alpha value is -1.55. The lowest BCUT2D eigenvalue weighted by molar-refractivity contribution is 0.173. The third kappa shape index (κ3) is 5.54. The number of nitrogens with zero attached hydrogens (tertiary/aromatic N) is 2. The molecule has 1 aromatic carbocycles. The van der Waals surface area contributed by atoms with E-state index in [0.717, 1.165) is 31.5 Å². The van der Waals surface area contributed by atoms with Gasteiger partial charge in [-0.25, -0.2) is 4.79 Å². The van der Waals surface area contributed by atoms with E-state index in [1.54, 1.807) is 0 Å². The summed E-state index contributed by atoms with van der Waals surface area (Å²) in [5, 5.41) is 3.06. The first-order valence-electron chi connectivity index (χ1n) is 8.87. The highest BCUT2D eigenvalue weighted by Gasteiger charge is 2.21. The first-order valence-corrected chi connectivity index (χ1v) is 8.87. The molecule has 0 aliphatic heterocycles. The van der Waals surface area contributed by atoms with E-state index in [1.165, 1.54) is 24.8 Å². The summed E-state index contributed by atoms with van der Waals surface area (Å²) in [6.07, 6.45) is 6.08. The molecule has 2 amide bonds. The largest absolute Gasteiger partial charge is 0.334 e. The van der Waals surface area contributed by atoms with E-state index in [-0.39, 0.29) is 6.03 Å². The van der Waals surface area contributed by atoms with E-state index in [9.17, 15) is 4.79 Å². The van der Waals surface area contributed by atoms with Gasteiger partial charge in [-0.1, -0.05) is 50.5 Å². The van der Waals surface area contributed by atoms with Crippen molar-refractivity contribution in [3.8, 4) is 0 Å². The molecule has 1 fully saturated rings. The number of nitrogens with one attached hydrogen (secondary N) is 1. The summed E-state index contributed by atoms with van der Waals surface area (Å²) in [7, 11) is 4.05. The Balaban J connectivity index is 1.84. The Bertz CT molecular complexity index is 497. The monoisotopic (exact) mass is 317 g/mol. The molecule has 128 valence electrons. The second kappa shape index (κ2) is 8.92. The van der Waals surface area contributed by atoms with Crippen molar-refractivity contribution in [1.29, 1.82) is 0 Å². The van der Waals surface area contributed by atoms with Crippen molar-refractivity contribution in [2.75, 3.05) is 20.6 Å². The molecule has 0 aromatic heterocycles. The molecule has 0 radical (unpaired) electrons. The van der Waals surface area contributed by atoms with Crippen molar-refractivity contribution in [1.82, 2.24) is 15.1 Å². The molecule has 1 aromatic rings. The number of carbonyl (C=O) groups excluding carboxylic acids is 1. The summed E-state index contributed by atoms with van der Waals surface area (Å²) < 4.78 is 0. The molecule has 1 aliphatic carbocycles. The molecule has 2 rings (SSSR count). The van der Waals surface area contributed by atoms with Gasteiger partial charge in [-0.15, -0.1) is 0 Å². The molecule has 1 aliphatic rings. The predicted octanol–water partition coefficient (Wildman–Crippen LogP) is 3.61. The fourth-order valence-electron chi connectivity index (χ4n) is 3.20. The van der Waals surface area contributed by atoms with Gasteiger partial charge in [-0.05, 0) is 37.6 Å². The SMILES string of the molecule is CCN(C)Cc1cccc(CNC(=O)N(C)C2CCCCC2)c1. The van der Waals surface area contributed by atoms with Gasteiger partial charge in [0, 0.05) is 26.2 Å². The van der Waals surface area contributed by atoms with Crippen molar-refractivity contribution in [3.63, 3.8) is 0 Å². The van der Waals surface area contributed by atoms with Gasteiger partial charge in [-0.2, -0.15) is 0 Å². The molecule has 0 saturated heterocycles. The highest BCUT2D eigenvalue weighted by atomic mass is 16.2. The molecule has 0 bridgehead atoms. The third-order valence-corrected chi connectivity index (χ3v) is 4.87. The van der Waals surface area contributed by atoms with E-state index in [0.29, 0.717) is 12.6 Å². The summed E-state index contributed by atoms with van der Waals surface area (Å²) in [6, 6.07) is 8.95. The van der Waals surface area contributed by atoms with Crippen LogP contribution in [-0.4, -0.2) is 42.5 Å². The summed E-state index contributed by atoms with van der Waals surface area (Å²) in [5.41, 5.74) is 2.46. The highest BCUT2D eigenvalue weighted by Crippen LogP contribution is 2.21. The molecular weight excluding hydrogens is 286 g/mol. The fourth-order valence-corrected chi connectivity index (χ4v) is 3.20. The van der Waals surface area contributed by atoms with Crippen LogP contribution >= 0.6 is 0 Å². The van der Waals surface area contributed by atoms with Crippen LogP contribution in [0.3, 0.4) is 0 Å². The van der Waals surface area contributed by atoms with Crippen LogP contribution in [0.4, 0.5) is 4.79 Å². The van der Waals surface area contributed by atoms with Crippen LogP contribution in [0, 0.1) is 0 Å². The van der Waals surface area contributed by atoms with Gasteiger partial charge < -0.3 is 15.1 Å². The number of hydrogen-bond acceptors (Lipinski definition) is 2. The van der Waals surface area contributed by atoms with Crippen LogP contribution in [-0.2, 0) is 13.1 Å². The Morgan fingerprint density at radius 2 is 1.87 bits per heavy atom. The Labute approximate surface area is 140 Å². The lowest BCUT2D eigenvalue weighted by Crippen LogP contribution is -2.44. The molecule has 0 spiro atoms. The van der Waals surface area contributed by atoms with Gasteiger partial charge >= 0.3 is 6.03 Å². The summed E-state index contributed by atoms with van der Waals surface area (Å²) in [4.78, 5) is 16.5. The van der Waals surface area contributed by atoms with E-state index in [2.05, 4.69) is 48.5 Å². The maximum atomic E-state index is 12.3. The highest BCUT2D eigenvalue weighted by molar-refractivity contribution is 5.74. The van der Waals surface area contributed by atoms with E-state index in [1.807, 2.05) is 11.9 Å². The average molecular weight is 317 g/mol.